The highest BCUT2D eigenvalue weighted by Gasteiger charge is 2.43. The minimum atomic E-state index is 0.412. The van der Waals surface area contributed by atoms with Crippen LogP contribution in [0.3, 0.4) is 0 Å². The molecule has 23 heavy (non-hydrogen) atoms. The van der Waals surface area contributed by atoms with E-state index in [0.29, 0.717) is 10.8 Å². The summed E-state index contributed by atoms with van der Waals surface area (Å²) in [5.41, 5.74) is 0.857. The van der Waals surface area contributed by atoms with Gasteiger partial charge in [0.1, 0.15) is 0 Å². The van der Waals surface area contributed by atoms with Crippen LogP contribution in [0.25, 0.3) is 0 Å². The summed E-state index contributed by atoms with van der Waals surface area (Å²) < 4.78 is 0. The second-order valence-electron chi connectivity index (χ2n) is 10.3. The van der Waals surface area contributed by atoms with Crippen LogP contribution in [-0.4, -0.2) is 0 Å². The van der Waals surface area contributed by atoms with E-state index in [0.717, 1.165) is 35.5 Å². The third-order valence-electron chi connectivity index (χ3n) is 7.84. The Hall–Kier alpha value is 0. The molecule has 0 heteroatoms. The van der Waals surface area contributed by atoms with Crippen LogP contribution in [0.1, 0.15) is 102 Å². The summed E-state index contributed by atoms with van der Waals surface area (Å²) in [4.78, 5) is 0. The Labute approximate surface area is 149 Å². The molecule has 0 fully saturated rings. The van der Waals surface area contributed by atoms with Crippen molar-refractivity contribution >= 4 is 0 Å². The summed E-state index contributed by atoms with van der Waals surface area (Å²) in [6.07, 6.45) is 4.00. The zero-order chi connectivity index (χ0) is 18.6. The second kappa shape index (κ2) is 8.91. The van der Waals surface area contributed by atoms with E-state index in [1.807, 2.05) is 0 Å². The van der Waals surface area contributed by atoms with Gasteiger partial charge < -0.3 is 0 Å². The quantitative estimate of drug-likeness (QED) is 0.381. The number of hydrogen-bond acceptors (Lipinski definition) is 0. The van der Waals surface area contributed by atoms with E-state index < -0.39 is 0 Å². The van der Waals surface area contributed by atoms with Crippen LogP contribution in [0.4, 0.5) is 0 Å². The van der Waals surface area contributed by atoms with Gasteiger partial charge in [-0.25, -0.2) is 0 Å². The Morgan fingerprint density at radius 1 is 0.652 bits per heavy atom. The SMILES string of the molecule is CCCC(C)(C(C)C(C)C)C(C)C(C)C(C)(C)CC(C)C(C)C. The van der Waals surface area contributed by atoms with Gasteiger partial charge in [-0.15, -0.1) is 0 Å². The molecule has 0 aliphatic carbocycles. The minimum absolute atomic E-state index is 0.412. The molecule has 0 saturated carbocycles. The van der Waals surface area contributed by atoms with Gasteiger partial charge in [-0.1, -0.05) is 89.5 Å². The lowest BCUT2D eigenvalue weighted by Crippen LogP contribution is -2.42. The van der Waals surface area contributed by atoms with E-state index in [2.05, 4.69) is 83.1 Å². The molecular formula is C23H48. The summed E-state index contributed by atoms with van der Waals surface area (Å²) >= 11 is 0. The lowest BCUT2D eigenvalue weighted by Gasteiger charge is -2.50. The highest BCUT2D eigenvalue weighted by Crippen LogP contribution is 2.51. The average molecular weight is 325 g/mol. The lowest BCUT2D eigenvalue weighted by atomic mass is 9.55. The zero-order valence-corrected chi connectivity index (χ0v) is 18.6. The average Bonchev–Trinajstić information content (AvgIpc) is 2.44. The van der Waals surface area contributed by atoms with E-state index in [-0.39, 0.29) is 0 Å². The number of hydrogen-bond donors (Lipinski definition) is 0. The van der Waals surface area contributed by atoms with E-state index in [9.17, 15) is 0 Å². The first-order chi connectivity index (χ1) is 10.3. The molecule has 5 unspecified atom stereocenters. The highest BCUT2D eigenvalue weighted by molar-refractivity contribution is 4.92. The van der Waals surface area contributed by atoms with E-state index in [1.165, 1.54) is 19.3 Å². The van der Waals surface area contributed by atoms with Crippen LogP contribution in [0.2, 0.25) is 0 Å². The Morgan fingerprint density at radius 2 is 1.13 bits per heavy atom. The molecule has 0 spiro atoms. The molecule has 0 heterocycles. The van der Waals surface area contributed by atoms with Gasteiger partial charge in [0.05, 0.1) is 0 Å². The van der Waals surface area contributed by atoms with E-state index >= 15 is 0 Å². The molecule has 0 bridgehead atoms. The summed E-state index contributed by atoms with van der Waals surface area (Å²) in [6.45, 7) is 29.5. The van der Waals surface area contributed by atoms with Crippen molar-refractivity contribution in [1.82, 2.24) is 0 Å². The van der Waals surface area contributed by atoms with Crippen molar-refractivity contribution in [3.63, 3.8) is 0 Å². The van der Waals surface area contributed by atoms with Gasteiger partial charge in [-0.05, 0) is 59.2 Å². The van der Waals surface area contributed by atoms with Gasteiger partial charge in [-0.2, -0.15) is 0 Å². The van der Waals surface area contributed by atoms with Crippen molar-refractivity contribution in [2.75, 3.05) is 0 Å². The van der Waals surface area contributed by atoms with Crippen molar-refractivity contribution in [1.29, 1.82) is 0 Å². The van der Waals surface area contributed by atoms with Crippen LogP contribution in [0, 0.1) is 46.3 Å². The molecule has 0 rings (SSSR count). The van der Waals surface area contributed by atoms with E-state index in [4.69, 9.17) is 0 Å². The topological polar surface area (TPSA) is 0 Å². The maximum absolute atomic E-state index is 2.57. The van der Waals surface area contributed by atoms with Crippen LogP contribution in [0.5, 0.6) is 0 Å². The molecule has 0 amide bonds. The van der Waals surface area contributed by atoms with Crippen molar-refractivity contribution < 1.29 is 0 Å². The Kier molecular flexibility index (Phi) is 8.91. The molecule has 0 radical (unpaired) electrons. The summed E-state index contributed by atoms with van der Waals surface area (Å²) in [7, 11) is 0. The van der Waals surface area contributed by atoms with Gasteiger partial charge in [0.2, 0.25) is 0 Å². The lowest BCUT2D eigenvalue weighted by molar-refractivity contribution is -0.00865. The molecule has 0 aliphatic rings. The Morgan fingerprint density at radius 3 is 1.48 bits per heavy atom. The van der Waals surface area contributed by atoms with Crippen molar-refractivity contribution in [3.8, 4) is 0 Å². The van der Waals surface area contributed by atoms with Gasteiger partial charge in [-0.3, -0.25) is 0 Å². The first kappa shape index (κ1) is 23.0. The molecule has 0 aromatic carbocycles. The molecule has 0 aromatic heterocycles. The standard InChI is InChI=1S/C23H48/c1-13-14-23(12,19(7)17(4)5)21(9)20(8)22(10,11)15-18(6)16(2)3/h16-21H,13-15H2,1-12H3. The molecule has 5 atom stereocenters. The normalized spacial score (nSPS) is 21.1. The maximum Gasteiger partial charge on any atom is -0.0269 e. The smallest absolute Gasteiger partial charge is 0.0269 e. The fourth-order valence-corrected chi connectivity index (χ4v) is 4.67. The molecular weight excluding hydrogens is 276 g/mol. The third kappa shape index (κ3) is 5.79. The first-order valence-electron chi connectivity index (χ1n) is 10.3. The second-order valence-corrected chi connectivity index (χ2v) is 10.3. The third-order valence-corrected chi connectivity index (χ3v) is 7.84. The largest absolute Gasteiger partial charge is 0.0654 e. The fraction of sp³-hybridized carbons (Fsp3) is 1.00. The van der Waals surface area contributed by atoms with Crippen LogP contribution in [0.15, 0.2) is 0 Å². The maximum atomic E-state index is 2.57. The van der Waals surface area contributed by atoms with Gasteiger partial charge in [0, 0.05) is 0 Å². The molecule has 0 nitrogen and oxygen atoms in total. The van der Waals surface area contributed by atoms with Crippen molar-refractivity contribution in [2.24, 2.45) is 46.3 Å². The van der Waals surface area contributed by atoms with Crippen molar-refractivity contribution in [3.05, 3.63) is 0 Å². The Balaban J connectivity index is 5.37. The van der Waals surface area contributed by atoms with Crippen LogP contribution in [-0.2, 0) is 0 Å². The molecule has 140 valence electrons. The summed E-state index contributed by atoms with van der Waals surface area (Å²) in [6, 6.07) is 0. The van der Waals surface area contributed by atoms with Gasteiger partial charge in [0.15, 0.2) is 0 Å². The molecule has 0 saturated heterocycles. The monoisotopic (exact) mass is 324 g/mol. The predicted molar refractivity (Wildman–Crippen MR) is 108 cm³/mol. The highest BCUT2D eigenvalue weighted by atomic mass is 14.5. The van der Waals surface area contributed by atoms with E-state index in [1.54, 1.807) is 0 Å². The van der Waals surface area contributed by atoms with Crippen LogP contribution >= 0.6 is 0 Å². The van der Waals surface area contributed by atoms with Gasteiger partial charge in [0.25, 0.3) is 0 Å². The Bertz CT molecular complexity index is 325. The summed E-state index contributed by atoms with van der Waals surface area (Å²) in [5.74, 6) is 4.64. The zero-order valence-electron chi connectivity index (χ0n) is 18.6. The van der Waals surface area contributed by atoms with Crippen molar-refractivity contribution in [2.45, 2.75) is 102 Å². The molecule has 0 N–H and O–H groups in total. The number of rotatable bonds is 10. The fourth-order valence-electron chi connectivity index (χ4n) is 4.67. The van der Waals surface area contributed by atoms with Crippen LogP contribution < -0.4 is 0 Å². The molecule has 0 aliphatic heterocycles. The predicted octanol–water partition coefficient (Wildman–Crippen LogP) is 8.07. The van der Waals surface area contributed by atoms with Gasteiger partial charge >= 0.3 is 0 Å². The molecule has 0 aromatic rings. The first-order valence-corrected chi connectivity index (χ1v) is 10.3. The summed E-state index contributed by atoms with van der Waals surface area (Å²) in [5, 5.41) is 0. The minimum Gasteiger partial charge on any atom is -0.0654 e.